The fourth-order valence-corrected chi connectivity index (χ4v) is 2.68. The predicted octanol–water partition coefficient (Wildman–Crippen LogP) is 3.68. The van der Waals surface area contributed by atoms with Crippen molar-refractivity contribution in [3.63, 3.8) is 0 Å². The molecule has 0 saturated heterocycles. The highest BCUT2D eigenvalue weighted by Crippen LogP contribution is 2.19. The van der Waals surface area contributed by atoms with Crippen LogP contribution >= 0.6 is 0 Å². The van der Waals surface area contributed by atoms with Gasteiger partial charge < -0.3 is 5.32 Å². The lowest BCUT2D eigenvalue weighted by molar-refractivity contribution is 0.208. The first-order chi connectivity index (χ1) is 8.97. The monoisotopic (exact) mass is 262 g/mol. The van der Waals surface area contributed by atoms with E-state index >= 15 is 0 Å². The van der Waals surface area contributed by atoms with Crippen molar-refractivity contribution in [2.24, 2.45) is 0 Å². The van der Waals surface area contributed by atoms with E-state index in [1.165, 1.54) is 16.7 Å². The van der Waals surface area contributed by atoms with Crippen LogP contribution in [0.1, 0.15) is 50.4 Å². The number of rotatable bonds is 7. The summed E-state index contributed by atoms with van der Waals surface area (Å²) in [4.78, 5) is 2.52. The van der Waals surface area contributed by atoms with Gasteiger partial charge in [-0.3, -0.25) is 4.90 Å². The quantitative estimate of drug-likeness (QED) is 0.806. The second-order valence-corrected chi connectivity index (χ2v) is 5.71. The van der Waals surface area contributed by atoms with Gasteiger partial charge in [-0.1, -0.05) is 43.2 Å². The Kier molecular flexibility index (Phi) is 6.53. The van der Waals surface area contributed by atoms with Crippen LogP contribution in [0.5, 0.6) is 0 Å². The number of hydrogen-bond acceptors (Lipinski definition) is 2. The Morgan fingerprint density at radius 2 is 1.63 bits per heavy atom. The molecule has 1 N–H and O–H groups in total. The molecule has 0 amide bonds. The fourth-order valence-electron chi connectivity index (χ4n) is 2.68. The number of likely N-dealkylation sites (N-methyl/N-ethyl adjacent to an activating group) is 2. The third-order valence-corrected chi connectivity index (χ3v) is 3.65. The van der Waals surface area contributed by atoms with Gasteiger partial charge in [-0.15, -0.1) is 0 Å². The maximum absolute atomic E-state index is 3.63. The van der Waals surface area contributed by atoms with Crippen molar-refractivity contribution in [2.75, 3.05) is 19.6 Å². The molecule has 0 aliphatic rings. The zero-order chi connectivity index (χ0) is 14.4. The molecule has 1 atom stereocenters. The third kappa shape index (κ3) is 4.96. The van der Waals surface area contributed by atoms with Gasteiger partial charge in [0.25, 0.3) is 0 Å². The zero-order valence-electron chi connectivity index (χ0n) is 13.5. The summed E-state index contributed by atoms with van der Waals surface area (Å²) >= 11 is 0. The zero-order valence-corrected chi connectivity index (χ0v) is 13.5. The van der Waals surface area contributed by atoms with E-state index in [-0.39, 0.29) is 0 Å². The Morgan fingerprint density at radius 3 is 2.05 bits per heavy atom. The second kappa shape index (κ2) is 7.66. The molecule has 0 fully saturated rings. The number of benzene rings is 1. The fraction of sp³-hybridized carbons (Fsp3) is 0.647. The van der Waals surface area contributed by atoms with E-state index in [1.807, 2.05) is 0 Å². The normalized spacial score (nSPS) is 13.3. The van der Waals surface area contributed by atoms with Crippen LogP contribution in [0.25, 0.3) is 0 Å². The Hall–Kier alpha value is -0.860. The first-order valence-corrected chi connectivity index (χ1v) is 7.53. The van der Waals surface area contributed by atoms with E-state index in [0.717, 1.165) is 19.6 Å². The summed E-state index contributed by atoms with van der Waals surface area (Å²) in [6, 6.07) is 7.89. The van der Waals surface area contributed by atoms with Crippen LogP contribution in [0, 0.1) is 13.8 Å². The molecule has 1 rings (SSSR count). The van der Waals surface area contributed by atoms with Gasteiger partial charge in [-0.25, -0.2) is 0 Å². The molecule has 2 nitrogen and oxygen atoms in total. The van der Waals surface area contributed by atoms with Crippen LogP contribution in [-0.4, -0.2) is 30.6 Å². The molecule has 0 aromatic heterocycles. The first-order valence-electron chi connectivity index (χ1n) is 7.53. The largest absolute Gasteiger partial charge is 0.309 e. The van der Waals surface area contributed by atoms with Gasteiger partial charge in [0.15, 0.2) is 0 Å². The average Bonchev–Trinajstić information content (AvgIpc) is 2.32. The van der Waals surface area contributed by atoms with Gasteiger partial charge in [0, 0.05) is 18.6 Å². The average molecular weight is 262 g/mol. The summed E-state index contributed by atoms with van der Waals surface area (Å²) in [5, 5.41) is 3.63. The summed E-state index contributed by atoms with van der Waals surface area (Å²) in [6.45, 7) is 16.5. The van der Waals surface area contributed by atoms with Crippen molar-refractivity contribution < 1.29 is 0 Å². The Morgan fingerprint density at radius 1 is 1.05 bits per heavy atom. The minimum absolute atomic E-state index is 0.422. The first kappa shape index (κ1) is 16.2. The molecule has 2 heteroatoms. The molecule has 1 aromatic carbocycles. The van der Waals surface area contributed by atoms with Crippen molar-refractivity contribution >= 4 is 0 Å². The molecule has 0 saturated carbocycles. The van der Waals surface area contributed by atoms with E-state index in [9.17, 15) is 0 Å². The van der Waals surface area contributed by atoms with Crippen LogP contribution in [-0.2, 0) is 0 Å². The van der Waals surface area contributed by atoms with Crippen molar-refractivity contribution in [3.8, 4) is 0 Å². The van der Waals surface area contributed by atoms with Gasteiger partial charge in [0.1, 0.15) is 0 Å². The van der Waals surface area contributed by atoms with Crippen molar-refractivity contribution in [1.29, 1.82) is 0 Å². The maximum Gasteiger partial charge on any atom is 0.0449 e. The number of aryl methyl sites for hydroxylation is 2. The van der Waals surface area contributed by atoms with Crippen molar-refractivity contribution in [3.05, 3.63) is 34.9 Å². The smallest absolute Gasteiger partial charge is 0.0449 e. The summed E-state index contributed by atoms with van der Waals surface area (Å²) in [5.74, 6) is 0. The van der Waals surface area contributed by atoms with E-state index < -0.39 is 0 Å². The van der Waals surface area contributed by atoms with Crippen LogP contribution < -0.4 is 5.32 Å². The highest BCUT2D eigenvalue weighted by Gasteiger charge is 2.16. The lowest BCUT2D eigenvalue weighted by Crippen LogP contribution is -2.39. The van der Waals surface area contributed by atoms with Crippen LogP contribution in [0.4, 0.5) is 0 Å². The summed E-state index contributed by atoms with van der Waals surface area (Å²) in [5.41, 5.74) is 4.12. The van der Waals surface area contributed by atoms with Gasteiger partial charge in [0.05, 0.1) is 0 Å². The molecular formula is C17H30N2. The molecule has 0 aliphatic carbocycles. The van der Waals surface area contributed by atoms with Gasteiger partial charge in [-0.05, 0) is 46.3 Å². The van der Waals surface area contributed by atoms with E-state index in [4.69, 9.17) is 0 Å². The molecule has 0 spiro atoms. The molecule has 0 heterocycles. The number of hydrogen-bond donors (Lipinski definition) is 1. The molecule has 19 heavy (non-hydrogen) atoms. The topological polar surface area (TPSA) is 15.3 Å². The second-order valence-electron chi connectivity index (χ2n) is 5.71. The van der Waals surface area contributed by atoms with Gasteiger partial charge in [0.2, 0.25) is 0 Å². The highest BCUT2D eigenvalue weighted by molar-refractivity contribution is 5.31. The Bertz CT molecular complexity index is 365. The minimum atomic E-state index is 0.422. The van der Waals surface area contributed by atoms with E-state index in [0.29, 0.717) is 12.1 Å². The van der Waals surface area contributed by atoms with Crippen LogP contribution in [0.3, 0.4) is 0 Å². The van der Waals surface area contributed by atoms with Crippen LogP contribution in [0.2, 0.25) is 0 Å². The standard InChI is InChI=1S/C17H30N2/c1-7-18-17(12-19(8-2)13(3)4)16-10-14(5)9-15(6)11-16/h9-11,13,17-18H,7-8,12H2,1-6H3. The van der Waals surface area contributed by atoms with Crippen molar-refractivity contribution in [2.45, 2.75) is 53.6 Å². The van der Waals surface area contributed by atoms with Crippen LogP contribution in [0.15, 0.2) is 18.2 Å². The molecule has 1 aromatic rings. The molecule has 108 valence electrons. The Labute approximate surface area is 119 Å². The number of nitrogens with one attached hydrogen (secondary N) is 1. The SMILES string of the molecule is CCNC(CN(CC)C(C)C)c1cc(C)cc(C)c1. The molecule has 0 aliphatic heterocycles. The summed E-state index contributed by atoms with van der Waals surface area (Å²) in [6.07, 6.45) is 0. The molecular weight excluding hydrogens is 232 g/mol. The lowest BCUT2D eigenvalue weighted by Gasteiger charge is -2.30. The highest BCUT2D eigenvalue weighted by atomic mass is 15.2. The van der Waals surface area contributed by atoms with E-state index in [2.05, 4.69) is 70.0 Å². The molecule has 0 radical (unpaired) electrons. The predicted molar refractivity (Wildman–Crippen MR) is 84.7 cm³/mol. The molecule has 0 bridgehead atoms. The van der Waals surface area contributed by atoms with Crippen molar-refractivity contribution in [1.82, 2.24) is 10.2 Å². The van der Waals surface area contributed by atoms with Gasteiger partial charge >= 0.3 is 0 Å². The minimum Gasteiger partial charge on any atom is -0.309 e. The summed E-state index contributed by atoms with van der Waals surface area (Å²) < 4.78 is 0. The Balaban J connectivity index is 2.92. The maximum atomic E-state index is 3.63. The third-order valence-electron chi connectivity index (χ3n) is 3.65. The van der Waals surface area contributed by atoms with Gasteiger partial charge in [-0.2, -0.15) is 0 Å². The summed E-state index contributed by atoms with van der Waals surface area (Å²) in [7, 11) is 0. The molecule has 1 unspecified atom stereocenters. The number of nitrogens with zero attached hydrogens (tertiary/aromatic N) is 1. The van der Waals surface area contributed by atoms with E-state index in [1.54, 1.807) is 0 Å². The lowest BCUT2D eigenvalue weighted by atomic mass is 10.0.